The Bertz CT molecular complexity index is 1250. The van der Waals surface area contributed by atoms with E-state index in [4.69, 9.17) is 9.47 Å². The van der Waals surface area contributed by atoms with Crippen LogP contribution in [0.15, 0.2) is 48.8 Å². The topological polar surface area (TPSA) is 82.3 Å². The van der Waals surface area contributed by atoms with Crippen LogP contribution in [-0.2, 0) is 22.3 Å². The van der Waals surface area contributed by atoms with E-state index < -0.39 is 46.1 Å². The molecule has 0 radical (unpaired) electrons. The number of alkyl halides is 2. The van der Waals surface area contributed by atoms with Crippen molar-refractivity contribution in [3.8, 4) is 5.75 Å². The van der Waals surface area contributed by atoms with Gasteiger partial charge >= 0.3 is 0 Å². The zero-order chi connectivity index (χ0) is 25.2. The van der Waals surface area contributed by atoms with Crippen molar-refractivity contribution < 1.29 is 32.1 Å². The first-order chi connectivity index (χ1) is 17.2. The number of nitrogens with zero attached hydrogens (tertiary/aromatic N) is 4. The van der Waals surface area contributed by atoms with Gasteiger partial charge in [0.2, 0.25) is 0 Å². The lowest BCUT2D eigenvalue weighted by molar-refractivity contribution is -0.347. The van der Waals surface area contributed by atoms with Gasteiger partial charge in [-0.25, -0.2) is 22.2 Å². The highest BCUT2D eigenvalue weighted by Crippen LogP contribution is 2.80. The highest BCUT2D eigenvalue weighted by Gasteiger charge is 2.82. The van der Waals surface area contributed by atoms with Gasteiger partial charge in [-0.1, -0.05) is 12.1 Å². The van der Waals surface area contributed by atoms with Crippen molar-refractivity contribution in [2.75, 3.05) is 13.2 Å². The lowest BCUT2D eigenvalue weighted by atomic mass is 9.30. The van der Waals surface area contributed by atoms with Gasteiger partial charge in [0.15, 0.2) is 5.60 Å². The highest BCUT2D eigenvalue weighted by molar-refractivity contribution is 5.44. The molecule has 2 heterocycles. The number of rotatable bonds is 8. The summed E-state index contributed by atoms with van der Waals surface area (Å²) in [5.41, 5.74) is -4.73. The fraction of sp³-hybridized carbons (Fsp3) is 0.480. The summed E-state index contributed by atoms with van der Waals surface area (Å²) in [6.07, 6.45) is 2.29. The first kappa shape index (κ1) is 23.4. The van der Waals surface area contributed by atoms with E-state index in [1.807, 2.05) is 24.3 Å². The minimum absolute atomic E-state index is 0.0116. The van der Waals surface area contributed by atoms with E-state index >= 15 is 8.78 Å². The second-order valence-electron chi connectivity index (χ2n) is 10.3. The largest absolute Gasteiger partial charge is 0.488 e. The number of aliphatic hydroxyl groups is 1. The van der Waals surface area contributed by atoms with Gasteiger partial charge in [0, 0.05) is 23.5 Å². The molecule has 4 aliphatic rings. The standard InChI is InChI=1S/C25H24F4N4O3/c26-17-3-6-20(21(27)9-17)24(34,14-33-15-30-31-32-33)25(28,29)23-11-22(12-23,13-23)16-1-4-18(5-2-16)36-19-7-8-35-10-19/h1-6,9,15,19,34H,7-8,10-14H2/t19-,22?,23?,24-/m1/s1. The van der Waals surface area contributed by atoms with Crippen molar-refractivity contribution in [3.63, 3.8) is 0 Å². The molecule has 3 aliphatic carbocycles. The van der Waals surface area contributed by atoms with Crippen LogP contribution in [0.4, 0.5) is 17.6 Å². The lowest BCUT2D eigenvalue weighted by Gasteiger charge is -2.74. The molecule has 0 unspecified atom stereocenters. The molecule has 36 heavy (non-hydrogen) atoms. The maximum absolute atomic E-state index is 16.3. The van der Waals surface area contributed by atoms with E-state index in [9.17, 15) is 13.9 Å². The van der Waals surface area contributed by atoms with E-state index in [1.54, 1.807) is 0 Å². The molecule has 3 aromatic rings. The molecule has 7 nitrogen and oxygen atoms in total. The summed E-state index contributed by atoms with van der Waals surface area (Å²) in [6.45, 7) is 0.427. The second kappa shape index (κ2) is 7.97. The maximum atomic E-state index is 16.3. The maximum Gasteiger partial charge on any atom is 0.287 e. The molecular formula is C25H24F4N4O3. The Labute approximate surface area is 204 Å². The molecule has 0 spiro atoms. The fourth-order valence-electron chi connectivity index (χ4n) is 6.22. The highest BCUT2D eigenvalue weighted by atomic mass is 19.3. The van der Waals surface area contributed by atoms with Crippen LogP contribution in [0.5, 0.6) is 5.75 Å². The summed E-state index contributed by atoms with van der Waals surface area (Å²) in [4.78, 5) is 0. The van der Waals surface area contributed by atoms with Gasteiger partial charge < -0.3 is 14.6 Å². The van der Waals surface area contributed by atoms with Crippen LogP contribution >= 0.6 is 0 Å². The van der Waals surface area contributed by atoms with Gasteiger partial charge in [0.05, 0.1) is 19.8 Å². The van der Waals surface area contributed by atoms with Gasteiger partial charge in [0.25, 0.3) is 5.92 Å². The number of tetrazole rings is 1. The Morgan fingerprint density at radius 3 is 2.47 bits per heavy atom. The van der Waals surface area contributed by atoms with Gasteiger partial charge in [-0.2, -0.15) is 0 Å². The fourth-order valence-corrected chi connectivity index (χ4v) is 6.22. The van der Waals surface area contributed by atoms with Crippen LogP contribution in [0.1, 0.15) is 36.8 Å². The Kier molecular flexibility index (Phi) is 5.17. The second-order valence-corrected chi connectivity index (χ2v) is 10.3. The van der Waals surface area contributed by atoms with E-state index in [-0.39, 0.29) is 25.4 Å². The summed E-state index contributed by atoms with van der Waals surface area (Å²) in [7, 11) is 0. The Morgan fingerprint density at radius 1 is 1.11 bits per heavy atom. The molecule has 0 amide bonds. The number of halogens is 4. The van der Waals surface area contributed by atoms with Crippen LogP contribution in [0.2, 0.25) is 0 Å². The van der Waals surface area contributed by atoms with Gasteiger partial charge in [0.1, 0.15) is 29.8 Å². The van der Waals surface area contributed by atoms with Crippen LogP contribution in [0.25, 0.3) is 0 Å². The molecule has 2 aromatic carbocycles. The third kappa shape index (κ3) is 3.36. The van der Waals surface area contributed by atoms with Crippen molar-refractivity contribution in [3.05, 3.63) is 71.6 Å². The van der Waals surface area contributed by atoms with E-state index in [2.05, 4.69) is 15.5 Å². The number of ether oxygens (including phenoxy) is 2. The van der Waals surface area contributed by atoms with Crippen molar-refractivity contribution >= 4 is 0 Å². The van der Waals surface area contributed by atoms with Crippen LogP contribution in [-0.4, -0.2) is 50.6 Å². The number of hydrogen-bond acceptors (Lipinski definition) is 6. The Balaban J connectivity index is 1.25. The molecule has 11 heteroatoms. The van der Waals surface area contributed by atoms with Gasteiger partial charge in [-0.3, -0.25) is 0 Å². The Hall–Kier alpha value is -3.05. The smallest absolute Gasteiger partial charge is 0.287 e. The summed E-state index contributed by atoms with van der Waals surface area (Å²) in [5.74, 6) is -5.24. The predicted octanol–water partition coefficient (Wildman–Crippen LogP) is 3.76. The molecule has 4 fully saturated rings. The van der Waals surface area contributed by atoms with E-state index in [1.165, 1.54) is 0 Å². The zero-order valence-electron chi connectivity index (χ0n) is 19.2. The van der Waals surface area contributed by atoms with Crippen molar-refractivity contribution in [1.29, 1.82) is 0 Å². The third-order valence-corrected chi connectivity index (χ3v) is 8.03. The monoisotopic (exact) mass is 504 g/mol. The normalized spacial score (nSPS) is 28.8. The summed E-state index contributed by atoms with van der Waals surface area (Å²) in [5, 5.41) is 21.9. The molecule has 1 aliphatic heterocycles. The molecule has 3 saturated carbocycles. The van der Waals surface area contributed by atoms with Crippen molar-refractivity contribution in [2.45, 2.75) is 55.3 Å². The molecular weight excluding hydrogens is 480 g/mol. The SMILES string of the molecule is O[C@](Cn1cnnn1)(c1ccc(F)cc1F)C(F)(F)C12CC(c3ccc(O[C@@H]4CCOC4)cc3)(C1)C2. The minimum atomic E-state index is -3.75. The molecule has 1 saturated heterocycles. The molecule has 190 valence electrons. The Morgan fingerprint density at radius 2 is 1.86 bits per heavy atom. The minimum Gasteiger partial charge on any atom is -0.488 e. The van der Waals surface area contributed by atoms with Crippen LogP contribution in [0, 0.1) is 17.0 Å². The number of benzene rings is 2. The van der Waals surface area contributed by atoms with E-state index in [0.717, 1.165) is 35.1 Å². The predicted molar refractivity (Wildman–Crippen MR) is 117 cm³/mol. The van der Waals surface area contributed by atoms with Crippen molar-refractivity contribution in [1.82, 2.24) is 20.2 Å². The zero-order valence-corrected chi connectivity index (χ0v) is 19.2. The summed E-state index contributed by atoms with van der Waals surface area (Å²) >= 11 is 0. The summed E-state index contributed by atoms with van der Waals surface area (Å²) in [6, 6.07) is 9.64. The molecule has 7 rings (SSSR count). The molecule has 1 N–H and O–H groups in total. The van der Waals surface area contributed by atoms with E-state index in [0.29, 0.717) is 25.0 Å². The van der Waals surface area contributed by atoms with Gasteiger partial charge in [-0.05, 0) is 64.9 Å². The number of hydrogen-bond donors (Lipinski definition) is 1. The molecule has 2 bridgehead atoms. The van der Waals surface area contributed by atoms with Crippen LogP contribution < -0.4 is 4.74 Å². The molecule has 1 aromatic heterocycles. The third-order valence-electron chi connectivity index (χ3n) is 8.03. The van der Waals surface area contributed by atoms with Gasteiger partial charge in [-0.15, -0.1) is 5.10 Å². The quantitative estimate of drug-likeness (QED) is 0.471. The average Bonchev–Trinajstić information content (AvgIpc) is 3.47. The molecule has 2 atom stereocenters. The van der Waals surface area contributed by atoms with Crippen molar-refractivity contribution in [2.24, 2.45) is 5.41 Å². The van der Waals surface area contributed by atoms with Crippen LogP contribution in [0.3, 0.4) is 0 Å². The lowest BCUT2D eigenvalue weighted by Crippen LogP contribution is -2.76. The average molecular weight is 504 g/mol. The first-order valence-electron chi connectivity index (χ1n) is 11.8. The summed E-state index contributed by atoms with van der Waals surface area (Å²) < 4.78 is 72.9. The number of aromatic nitrogens is 4. The first-order valence-corrected chi connectivity index (χ1v) is 11.8.